The summed E-state index contributed by atoms with van der Waals surface area (Å²) >= 11 is 0. The van der Waals surface area contributed by atoms with E-state index in [9.17, 15) is 0 Å². The van der Waals surface area contributed by atoms with Gasteiger partial charge in [-0.3, -0.25) is 0 Å². The van der Waals surface area contributed by atoms with Crippen molar-refractivity contribution in [2.45, 2.75) is 51.8 Å². The largest absolute Gasteiger partial charge is 0.485 e. The zero-order chi connectivity index (χ0) is 14.8. The minimum atomic E-state index is 0.136. The summed E-state index contributed by atoms with van der Waals surface area (Å²) in [6.45, 7) is 4.60. The number of fused-ring (bicyclic) bond motifs is 1. The maximum atomic E-state index is 6.19. The van der Waals surface area contributed by atoms with E-state index < -0.39 is 0 Å². The van der Waals surface area contributed by atoms with E-state index in [1.165, 1.54) is 11.1 Å². The molecule has 0 saturated carbocycles. The molecule has 5 heteroatoms. The lowest BCUT2D eigenvalue weighted by atomic mass is 9.88. The van der Waals surface area contributed by atoms with Gasteiger partial charge in [0.1, 0.15) is 18.7 Å². The van der Waals surface area contributed by atoms with Gasteiger partial charge < -0.3 is 10.5 Å². The standard InChI is InChI=1S/C16H22N4O/c1-11(2)20-16(18-10-19-20)9-21-15-8-4-5-12-13(15)6-3-7-14(12)17/h4-5,8,10-11,14H,3,6-7,9,17H2,1-2H3. The molecule has 0 fully saturated rings. The third kappa shape index (κ3) is 2.78. The number of aromatic nitrogens is 3. The van der Waals surface area contributed by atoms with Crippen molar-refractivity contribution < 1.29 is 4.74 Å². The average Bonchev–Trinajstić information content (AvgIpc) is 2.94. The number of nitrogens with two attached hydrogens (primary N) is 1. The lowest BCUT2D eigenvalue weighted by molar-refractivity contribution is 0.278. The molecule has 1 unspecified atom stereocenters. The van der Waals surface area contributed by atoms with Crippen molar-refractivity contribution in [3.05, 3.63) is 41.5 Å². The van der Waals surface area contributed by atoms with Gasteiger partial charge >= 0.3 is 0 Å². The smallest absolute Gasteiger partial charge is 0.165 e. The van der Waals surface area contributed by atoms with Crippen LogP contribution in [0.2, 0.25) is 0 Å². The molecule has 0 bridgehead atoms. The predicted molar refractivity (Wildman–Crippen MR) is 81.0 cm³/mol. The Morgan fingerprint density at radius 1 is 1.43 bits per heavy atom. The van der Waals surface area contributed by atoms with Crippen LogP contribution < -0.4 is 10.5 Å². The summed E-state index contributed by atoms with van der Waals surface area (Å²) in [6.07, 6.45) is 4.79. The quantitative estimate of drug-likeness (QED) is 0.938. The summed E-state index contributed by atoms with van der Waals surface area (Å²) in [6, 6.07) is 6.57. The Bertz CT molecular complexity index is 620. The van der Waals surface area contributed by atoms with Gasteiger partial charge in [-0.05, 0) is 50.3 Å². The second kappa shape index (κ2) is 5.85. The molecule has 5 nitrogen and oxygen atoms in total. The summed E-state index contributed by atoms with van der Waals surface area (Å²) < 4.78 is 7.90. The molecule has 0 amide bonds. The monoisotopic (exact) mass is 286 g/mol. The van der Waals surface area contributed by atoms with E-state index in [1.807, 2.05) is 16.8 Å². The zero-order valence-corrected chi connectivity index (χ0v) is 12.6. The third-order valence-electron chi connectivity index (χ3n) is 4.00. The molecule has 112 valence electrons. The highest BCUT2D eigenvalue weighted by Gasteiger charge is 2.20. The van der Waals surface area contributed by atoms with E-state index in [0.29, 0.717) is 6.61 Å². The molecule has 0 spiro atoms. The van der Waals surface area contributed by atoms with Crippen molar-refractivity contribution in [3.8, 4) is 5.75 Å². The van der Waals surface area contributed by atoms with Crippen LogP contribution in [-0.4, -0.2) is 14.8 Å². The third-order valence-corrected chi connectivity index (χ3v) is 4.00. The minimum Gasteiger partial charge on any atom is -0.485 e. The van der Waals surface area contributed by atoms with Crippen LogP contribution in [0.4, 0.5) is 0 Å². The Morgan fingerprint density at radius 2 is 2.29 bits per heavy atom. The number of ether oxygens (including phenoxy) is 1. The normalized spacial score (nSPS) is 17.8. The van der Waals surface area contributed by atoms with Gasteiger partial charge in [-0.15, -0.1) is 0 Å². The maximum absolute atomic E-state index is 6.19. The highest BCUT2D eigenvalue weighted by atomic mass is 16.5. The number of rotatable bonds is 4. The topological polar surface area (TPSA) is 66.0 Å². The van der Waals surface area contributed by atoms with Gasteiger partial charge in [-0.1, -0.05) is 12.1 Å². The van der Waals surface area contributed by atoms with Crippen LogP contribution in [-0.2, 0) is 13.0 Å². The van der Waals surface area contributed by atoms with Crippen molar-refractivity contribution in [2.75, 3.05) is 0 Å². The first-order chi connectivity index (χ1) is 10.2. The Hall–Kier alpha value is -1.88. The average molecular weight is 286 g/mol. The molecule has 1 atom stereocenters. The number of hydrogen-bond acceptors (Lipinski definition) is 4. The Morgan fingerprint density at radius 3 is 3.10 bits per heavy atom. The lowest BCUT2D eigenvalue weighted by Crippen LogP contribution is -2.18. The van der Waals surface area contributed by atoms with Crippen molar-refractivity contribution in [3.63, 3.8) is 0 Å². The van der Waals surface area contributed by atoms with Gasteiger partial charge in [0.15, 0.2) is 5.82 Å². The Kier molecular flexibility index (Phi) is 3.92. The molecule has 0 radical (unpaired) electrons. The molecule has 1 aliphatic carbocycles. The van der Waals surface area contributed by atoms with Gasteiger partial charge in [0.25, 0.3) is 0 Å². The molecule has 1 aliphatic rings. The van der Waals surface area contributed by atoms with Crippen LogP contribution >= 0.6 is 0 Å². The molecule has 0 aliphatic heterocycles. The van der Waals surface area contributed by atoms with Crippen LogP contribution in [0.15, 0.2) is 24.5 Å². The summed E-state index contributed by atoms with van der Waals surface area (Å²) in [5.41, 5.74) is 8.67. The van der Waals surface area contributed by atoms with Crippen molar-refractivity contribution >= 4 is 0 Å². The van der Waals surface area contributed by atoms with Crippen LogP contribution in [0.25, 0.3) is 0 Å². The zero-order valence-electron chi connectivity index (χ0n) is 12.6. The van der Waals surface area contributed by atoms with Crippen LogP contribution in [0.3, 0.4) is 0 Å². The molecular formula is C16H22N4O. The van der Waals surface area contributed by atoms with E-state index in [2.05, 4.69) is 30.0 Å². The minimum absolute atomic E-state index is 0.136. The molecule has 0 saturated heterocycles. The predicted octanol–water partition coefficient (Wildman–Crippen LogP) is 2.77. The van der Waals surface area contributed by atoms with Gasteiger partial charge in [-0.25, -0.2) is 9.67 Å². The fraction of sp³-hybridized carbons (Fsp3) is 0.500. The Balaban J connectivity index is 1.80. The van der Waals surface area contributed by atoms with Crippen molar-refractivity contribution in [2.24, 2.45) is 5.73 Å². The summed E-state index contributed by atoms with van der Waals surface area (Å²) in [4.78, 5) is 4.28. The van der Waals surface area contributed by atoms with Gasteiger partial charge in [0, 0.05) is 12.1 Å². The second-order valence-electron chi connectivity index (χ2n) is 5.83. The van der Waals surface area contributed by atoms with E-state index >= 15 is 0 Å². The molecule has 1 heterocycles. The van der Waals surface area contributed by atoms with E-state index in [0.717, 1.165) is 30.8 Å². The first-order valence-corrected chi connectivity index (χ1v) is 7.55. The van der Waals surface area contributed by atoms with Crippen LogP contribution in [0, 0.1) is 0 Å². The maximum Gasteiger partial charge on any atom is 0.165 e. The van der Waals surface area contributed by atoms with Crippen molar-refractivity contribution in [1.82, 2.24) is 14.8 Å². The fourth-order valence-electron chi connectivity index (χ4n) is 2.94. The molecular weight excluding hydrogens is 264 g/mol. The first-order valence-electron chi connectivity index (χ1n) is 7.55. The van der Waals surface area contributed by atoms with Gasteiger partial charge in [0.2, 0.25) is 0 Å². The Labute approximate surface area is 125 Å². The van der Waals surface area contributed by atoms with E-state index in [1.54, 1.807) is 6.33 Å². The summed E-state index contributed by atoms with van der Waals surface area (Å²) in [5.74, 6) is 1.78. The second-order valence-corrected chi connectivity index (χ2v) is 5.83. The molecule has 1 aromatic carbocycles. The molecule has 21 heavy (non-hydrogen) atoms. The lowest BCUT2D eigenvalue weighted by Gasteiger charge is -2.24. The fourth-order valence-corrected chi connectivity index (χ4v) is 2.94. The van der Waals surface area contributed by atoms with Crippen molar-refractivity contribution in [1.29, 1.82) is 0 Å². The summed E-state index contributed by atoms with van der Waals surface area (Å²) in [7, 11) is 0. The first kappa shape index (κ1) is 14.1. The van der Waals surface area contributed by atoms with E-state index in [4.69, 9.17) is 10.5 Å². The number of nitrogens with zero attached hydrogens (tertiary/aromatic N) is 3. The highest BCUT2D eigenvalue weighted by Crippen LogP contribution is 2.34. The molecule has 2 N–H and O–H groups in total. The molecule has 1 aromatic heterocycles. The number of benzene rings is 1. The van der Waals surface area contributed by atoms with Gasteiger partial charge in [-0.2, -0.15) is 5.10 Å². The number of hydrogen-bond donors (Lipinski definition) is 1. The SMILES string of the molecule is CC(C)n1ncnc1COc1cccc2c1CCCC2N. The molecule has 3 rings (SSSR count). The van der Waals surface area contributed by atoms with Crippen LogP contribution in [0.1, 0.15) is 55.7 Å². The molecule has 2 aromatic rings. The van der Waals surface area contributed by atoms with Gasteiger partial charge in [0.05, 0.1) is 0 Å². The summed E-state index contributed by atoms with van der Waals surface area (Å²) in [5, 5.41) is 4.23. The van der Waals surface area contributed by atoms with Crippen LogP contribution in [0.5, 0.6) is 5.75 Å². The highest BCUT2D eigenvalue weighted by molar-refractivity contribution is 5.43. The van der Waals surface area contributed by atoms with E-state index in [-0.39, 0.29) is 12.1 Å².